The number of hydrogen-bond acceptors (Lipinski definition) is 16. The minimum Gasteiger partial charge on any atom is -0.370 e. The summed E-state index contributed by atoms with van der Waals surface area (Å²) in [7, 11) is 0. The first kappa shape index (κ1) is 77.9. The number of benzene rings is 3. The van der Waals surface area contributed by atoms with Crippen LogP contribution in [0.1, 0.15) is 100 Å². The molecule has 0 aliphatic carbocycles. The van der Waals surface area contributed by atoms with Crippen molar-refractivity contribution in [3.05, 3.63) is 144 Å². The summed E-state index contributed by atoms with van der Waals surface area (Å²) in [5, 5.41) is 28.0. The molecule has 0 bridgehead atoms. The van der Waals surface area contributed by atoms with Crippen molar-refractivity contribution in [1.29, 1.82) is 0 Å². The van der Waals surface area contributed by atoms with Crippen LogP contribution in [0.2, 0.25) is 0 Å². The zero-order valence-electron chi connectivity index (χ0n) is 56.9. The zero-order valence-corrected chi connectivity index (χ0v) is 58.5. The number of aromatic nitrogens is 5. The third kappa shape index (κ3) is 23.6. The van der Waals surface area contributed by atoms with E-state index in [1.165, 1.54) is 55.5 Å². The number of para-hydroxylation sites is 1. The van der Waals surface area contributed by atoms with Crippen molar-refractivity contribution in [2.75, 3.05) is 11.5 Å². The number of terminal acetylenes is 1. The van der Waals surface area contributed by atoms with Crippen LogP contribution in [0, 0.1) is 24.2 Å². The molecule has 2 unspecified atom stereocenters. The summed E-state index contributed by atoms with van der Waals surface area (Å²) >= 11 is 2.53. The van der Waals surface area contributed by atoms with Gasteiger partial charge in [-0.05, 0) is 47.1 Å². The van der Waals surface area contributed by atoms with Gasteiger partial charge in [-0.2, -0.15) is 23.5 Å². The second-order valence-electron chi connectivity index (χ2n) is 24.9. The average molecular weight is 1420 g/mol. The third-order valence-corrected chi connectivity index (χ3v) is 19.2. The van der Waals surface area contributed by atoms with Crippen LogP contribution in [-0.4, -0.2) is 168 Å². The first-order chi connectivity index (χ1) is 48.4. The van der Waals surface area contributed by atoms with Gasteiger partial charge in [-0.3, -0.25) is 57.5 Å². The molecule has 29 nitrogen and oxygen atoms in total. The van der Waals surface area contributed by atoms with Crippen LogP contribution >= 0.6 is 23.5 Å². The summed E-state index contributed by atoms with van der Waals surface area (Å²) in [4.78, 5) is 187. The van der Waals surface area contributed by atoms with Crippen LogP contribution in [0.5, 0.6) is 0 Å². The second kappa shape index (κ2) is 38.8. The molecule has 1 aliphatic heterocycles. The maximum Gasteiger partial charge on any atom is 0.244 e. The SMILES string of the molecule is C#CCCC(=O)N[C@H](C(=O)NC1CSCc2ccccc2CSC[C@H](C(=O)N[C@@H](Cc2ccccc2)C(=O)N[C@@H](Cc2cnc[nH]2)C(=O)N[C@H](C(=O)N[C@@H](Cc2c[nH]c3ccccc23)C(=O)N[C@@H](Cc2cnc[nH]2)C(N)=O)C(CC)CC)NC(=O)[C@H](C)NC(=O)C(CC(N)=O)NC1=O)C(C)C. The summed E-state index contributed by atoms with van der Waals surface area (Å²) in [5.74, 6) is -7.99. The highest BCUT2D eigenvalue weighted by molar-refractivity contribution is 7.99. The van der Waals surface area contributed by atoms with Gasteiger partial charge in [-0.1, -0.05) is 113 Å². The Bertz CT molecular complexity index is 3880. The number of imidazole rings is 2. The van der Waals surface area contributed by atoms with Crippen molar-refractivity contribution < 1.29 is 57.5 Å². The second-order valence-corrected chi connectivity index (χ2v) is 27.0. The number of H-pyrrole nitrogens is 3. The van der Waals surface area contributed by atoms with Crippen molar-refractivity contribution >= 4 is 105 Å². The fraction of sp³-hybridized carbons (Fsp3) is 0.429. The molecule has 4 heterocycles. The van der Waals surface area contributed by atoms with Gasteiger partial charge in [0.1, 0.15) is 60.4 Å². The number of aromatic amines is 3. The number of carbonyl (C=O) groups is 12. The maximum atomic E-state index is 15.1. The van der Waals surface area contributed by atoms with E-state index in [1.54, 1.807) is 50.4 Å². The summed E-state index contributed by atoms with van der Waals surface area (Å²) < 4.78 is 0. The fourth-order valence-corrected chi connectivity index (χ4v) is 13.5. The standard InChI is InChI=1S/C70H89N17O12S2/c1-7-10-24-58(89)86-59(39(4)5)69(98)85-56-36-101-34-44-21-15-14-20-43(44)33-100-35-55(84-62(91)40(6)78-63(92)54(29-57(71)88)82-68(56)97)67(96)80-51(25-41-18-12-11-13-19-41)64(93)81-53(28-47-32-74-38-77-47)66(95)87-60(42(8-2)9-3)70(99)83-52(26-45-30-75-49-23-17-16-22-48(45)49)65(94)79-50(61(72)90)27-46-31-73-37-76-46/h1,11-23,30-32,37-40,42,50-56,59-60,75H,8-10,24-29,33-36H2,2-6H3,(H2,71,88)(H2,72,90)(H,73,76)(H,74,77)(H,78,92)(H,79,94)(H,80,96)(H,81,93)(H,82,97)(H,83,99)(H,84,91)(H,85,98)(H,86,89)(H,87,95)/t40-,50-,51-,52-,53-,54?,55+,56?,59-,60-/m0/s1. The van der Waals surface area contributed by atoms with Gasteiger partial charge in [0.05, 0.1) is 19.1 Å². The molecule has 3 aromatic heterocycles. The van der Waals surface area contributed by atoms with Gasteiger partial charge in [0, 0.05) is 102 Å². The predicted octanol–water partition coefficient (Wildman–Crippen LogP) is 0.799. The number of nitrogens with zero attached hydrogens (tertiary/aromatic N) is 2. The van der Waals surface area contributed by atoms with E-state index in [4.69, 9.17) is 17.9 Å². The molecule has 0 saturated carbocycles. The number of carbonyl (C=O) groups excluding carboxylic acids is 12. The van der Waals surface area contributed by atoms with E-state index < -0.39 is 150 Å². The van der Waals surface area contributed by atoms with Gasteiger partial charge in [0.2, 0.25) is 70.9 Å². The van der Waals surface area contributed by atoms with Crippen molar-refractivity contribution in [2.24, 2.45) is 23.3 Å². The van der Waals surface area contributed by atoms with E-state index in [0.717, 1.165) is 22.0 Å². The molecule has 12 amide bonds. The molecule has 0 saturated heterocycles. The van der Waals surface area contributed by atoms with E-state index in [9.17, 15) is 43.2 Å². The van der Waals surface area contributed by atoms with Crippen molar-refractivity contribution in [2.45, 2.75) is 164 Å². The van der Waals surface area contributed by atoms with E-state index in [-0.39, 0.29) is 61.5 Å². The van der Waals surface area contributed by atoms with Crippen LogP contribution in [0.15, 0.2) is 110 Å². The van der Waals surface area contributed by atoms with Gasteiger partial charge in [-0.15, -0.1) is 12.3 Å². The summed E-state index contributed by atoms with van der Waals surface area (Å²) in [6, 6.07) is 9.68. The van der Waals surface area contributed by atoms with Crippen LogP contribution < -0.4 is 64.6 Å². The molecule has 31 heteroatoms. The average Bonchev–Trinajstić information content (AvgIpc) is 1.75. The maximum absolute atomic E-state index is 15.1. The van der Waals surface area contributed by atoms with Crippen molar-refractivity contribution in [3.8, 4) is 12.3 Å². The Kier molecular flexibility index (Phi) is 29.9. The monoisotopic (exact) mass is 1420 g/mol. The third-order valence-electron chi connectivity index (χ3n) is 17.0. The molecule has 0 fully saturated rings. The number of rotatable bonds is 30. The quantitative estimate of drug-likeness (QED) is 0.0277. The van der Waals surface area contributed by atoms with Crippen molar-refractivity contribution in [1.82, 2.24) is 78.1 Å². The van der Waals surface area contributed by atoms with E-state index in [2.05, 4.69) is 84.0 Å². The molecular weight excluding hydrogens is 1340 g/mol. The molecule has 3 aromatic carbocycles. The normalized spacial score (nSPS) is 17.9. The highest BCUT2D eigenvalue weighted by Gasteiger charge is 2.38. The minimum atomic E-state index is -1.67. The van der Waals surface area contributed by atoms with Crippen LogP contribution in [0.3, 0.4) is 0 Å². The number of nitrogens with one attached hydrogen (secondary N) is 13. The van der Waals surface area contributed by atoms with Gasteiger partial charge < -0.3 is 79.6 Å². The molecule has 6 aromatic rings. The van der Waals surface area contributed by atoms with Gasteiger partial charge in [0.15, 0.2) is 0 Å². The topological polar surface area (TPSA) is 450 Å². The highest BCUT2D eigenvalue weighted by atomic mass is 32.2. The lowest BCUT2D eigenvalue weighted by Gasteiger charge is -2.30. The minimum absolute atomic E-state index is 0.0342. The van der Waals surface area contributed by atoms with E-state index in [0.29, 0.717) is 35.4 Å². The van der Waals surface area contributed by atoms with Gasteiger partial charge in [0.25, 0.3) is 0 Å². The van der Waals surface area contributed by atoms with Crippen LogP contribution in [0.4, 0.5) is 0 Å². The molecule has 538 valence electrons. The van der Waals surface area contributed by atoms with Crippen molar-refractivity contribution in [3.63, 3.8) is 0 Å². The number of hydrogen-bond donors (Lipinski definition) is 15. The summed E-state index contributed by atoms with van der Waals surface area (Å²) in [6.45, 7) is 8.38. The Morgan fingerprint density at radius 3 is 1.79 bits per heavy atom. The Balaban J connectivity index is 1.15. The Hall–Kier alpha value is -10.5. The number of nitrogens with two attached hydrogens (primary N) is 2. The van der Waals surface area contributed by atoms with Crippen LogP contribution in [-0.2, 0) is 94.7 Å². The van der Waals surface area contributed by atoms with Gasteiger partial charge in [-0.25, -0.2) is 9.97 Å². The first-order valence-corrected chi connectivity index (χ1v) is 35.6. The fourth-order valence-electron chi connectivity index (χ4n) is 11.3. The molecule has 0 spiro atoms. The Morgan fingerprint density at radius 2 is 1.19 bits per heavy atom. The number of thioether (sulfide) groups is 2. The molecule has 10 atom stereocenters. The largest absolute Gasteiger partial charge is 0.370 e. The first-order valence-electron chi connectivity index (χ1n) is 33.2. The Labute approximate surface area is 593 Å². The Morgan fingerprint density at radius 1 is 0.614 bits per heavy atom. The molecule has 17 N–H and O–H groups in total. The molecule has 1 aliphatic rings. The summed E-state index contributed by atoms with van der Waals surface area (Å²) in [5.41, 5.74) is 15.9. The smallest absolute Gasteiger partial charge is 0.244 e. The molecular formula is C70H89N17O12S2. The number of fused-ring (bicyclic) bond motifs is 2. The van der Waals surface area contributed by atoms with Crippen LogP contribution in [0.25, 0.3) is 10.9 Å². The molecule has 101 heavy (non-hydrogen) atoms. The summed E-state index contributed by atoms with van der Waals surface area (Å²) in [6.07, 6.45) is 12.4. The van der Waals surface area contributed by atoms with E-state index >= 15 is 14.4 Å². The molecule has 0 radical (unpaired) electrons. The van der Waals surface area contributed by atoms with Gasteiger partial charge >= 0.3 is 0 Å². The zero-order chi connectivity index (χ0) is 73.1. The lowest BCUT2D eigenvalue weighted by molar-refractivity contribution is -0.136. The lowest BCUT2D eigenvalue weighted by atomic mass is 9.92. The predicted molar refractivity (Wildman–Crippen MR) is 380 cm³/mol. The molecule has 7 rings (SSSR count). The highest BCUT2D eigenvalue weighted by Crippen LogP contribution is 2.25. The number of amides is 12. The van der Waals surface area contributed by atoms with E-state index in [1.807, 2.05) is 62.4 Å². The lowest BCUT2D eigenvalue weighted by Crippen LogP contribution is -2.62. The number of primary amides is 2.